The van der Waals surface area contributed by atoms with Crippen LogP contribution in [0.1, 0.15) is 0 Å². The van der Waals surface area contributed by atoms with E-state index >= 15 is 0 Å². The SMILES string of the molecule is O=[Se]([O-])[O-].OO.[Na+].[Na+]. The van der Waals surface area contributed by atoms with Crippen LogP contribution in [0.25, 0.3) is 0 Å². The van der Waals surface area contributed by atoms with Crippen molar-refractivity contribution in [1.82, 2.24) is 0 Å². The Bertz CT molecular complexity index is 33.4. The summed E-state index contributed by atoms with van der Waals surface area (Å²) in [6, 6.07) is 0. The molecule has 0 rings (SSSR count). The normalized spacial score (nSPS) is 5.12. The minimum Gasteiger partial charge on any atom is -0.255 e. The summed E-state index contributed by atoms with van der Waals surface area (Å²) in [6.07, 6.45) is 0. The van der Waals surface area contributed by atoms with E-state index in [9.17, 15) is 0 Å². The van der Waals surface area contributed by atoms with Gasteiger partial charge in [-0.25, -0.2) is 0 Å². The van der Waals surface area contributed by atoms with E-state index in [0.29, 0.717) is 0 Å². The van der Waals surface area contributed by atoms with Crippen molar-refractivity contribution in [3.05, 3.63) is 0 Å². The van der Waals surface area contributed by atoms with E-state index in [0.717, 1.165) is 0 Å². The predicted molar refractivity (Wildman–Crippen MR) is 11.7 cm³/mol. The van der Waals surface area contributed by atoms with Crippen molar-refractivity contribution >= 4 is 14.5 Å². The fourth-order valence-corrected chi connectivity index (χ4v) is 0. The molecule has 0 aliphatic heterocycles. The fraction of sp³-hybridized carbons (Fsp3) is 0. The summed E-state index contributed by atoms with van der Waals surface area (Å²) in [5.41, 5.74) is 0. The zero-order valence-corrected chi connectivity index (χ0v) is 10.2. The molecule has 0 bridgehead atoms. The molecule has 0 saturated heterocycles. The van der Waals surface area contributed by atoms with Gasteiger partial charge in [0, 0.05) is 0 Å². The van der Waals surface area contributed by atoms with Gasteiger partial charge < -0.3 is 0 Å². The van der Waals surface area contributed by atoms with Crippen LogP contribution in [-0.4, -0.2) is 25.0 Å². The van der Waals surface area contributed by atoms with Gasteiger partial charge in [-0.2, -0.15) is 0 Å². The molecule has 0 radical (unpaired) electrons. The van der Waals surface area contributed by atoms with Crippen LogP contribution in [0.2, 0.25) is 0 Å². The third-order valence-electron chi connectivity index (χ3n) is 0. The molecule has 0 unspecified atom stereocenters. The topological polar surface area (TPSA) is 104 Å². The molecule has 0 aromatic rings. The Labute approximate surface area is 95.0 Å². The molecule has 5 nitrogen and oxygen atoms in total. The van der Waals surface area contributed by atoms with Gasteiger partial charge >= 0.3 is 85.8 Å². The van der Waals surface area contributed by atoms with E-state index < -0.39 is 14.5 Å². The van der Waals surface area contributed by atoms with Crippen molar-refractivity contribution in [2.75, 3.05) is 0 Å². The van der Waals surface area contributed by atoms with Crippen LogP contribution in [0.4, 0.5) is 0 Å². The van der Waals surface area contributed by atoms with Gasteiger partial charge in [0.1, 0.15) is 0 Å². The van der Waals surface area contributed by atoms with Gasteiger partial charge in [0.2, 0.25) is 0 Å². The van der Waals surface area contributed by atoms with Crippen LogP contribution in [-0.2, 0) is 3.83 Å². The zero-order chi connectivity index (χ0) is 5.58. The first-order chi connectivity index (χ1) is 2.73. The molecule has 0 aliphatic rings. The summed E-state index contributed by atoms with van der Waals surface area (Å²) in [6.45, 7) is 0. The molecule has 2 N–H and O–H groups in total. The molecule has 0 aliphatic carbocycles. The first-order valence-corrected chi connectivity index (χ1v) is 2.80. The van der Waals surface area contributed by atoms with E-state index in [1.807, 2.05) is 0 Å². The van der Waals surface area contributed by atoms with Crippen molar-refractivity contribution in [3.63, 3.8) is 0 Å². The molecule has 8 heavy (non-hydrogen) atoms. The van der Waals surface area contributed by atoms with Crippen LogP contribution >= 0.6 is 0 Å². The van der Waals surface area contributed by atoms with Gasteiger partial charge in [-0.3, -0.25) is 10.5 Å². The molecular weight excluding hydrogens is 205 g/mol. The Morgan fingerprint density at radius 3 is 1.12 bits per heavy atom. The van der Waals surface area contributed by atoms with Crippen LogP contribution in [0.3, 0.4) is 0 Å². The third-order valence-corrected chi connectivity index (χ3v) is 0. The van der Waals surface area contributed by atoms with Crippen LogP contribution in [0, 0.1) is 0 Å². The van der Waals surface area contributed by atoms with Crippen LogP contribution in [0.15, 0.2) is 0 Å². The first kappa shape index (κ1) is 22.5. The fourth-order valence-electron chi connectivity index (χ4n) is 0. The predicted octanol–water partition coefficient (Wildman–Crippen LogP) is -8.85. The van der Waals surface area contributed by atoms with Crippen molar-refractivity contribution in [2.45, 2.75) is 0 Å². The van der Waals surface area contributed by atoms with E-state index in [2.05, 4.69) is 0 Å². The first-order valence-electron chi connectivity index (χ1n) is 0.700. The van der Waals surface area contributed by atoms with Crippen molar-refractivity contribution in [2.24, 2.45) is 0 Å². The van der Waals surface area contributed by atoms with Gasteiger partial charge in [-0.15, -0.1) is 0 Å². The molecule has 40 valence electrons. The molecule has 0 spiro atoms. The maximum Gasteiger partial charge on any atom is 1.00 e. The number of hydrogen-bond acceptors (Lipinski definition) is 5. The van der Waals surface area contributed by atoms with Gasteiger partial charge in [0.15, 0.2) is 0 Å². The van der Waals surface area contributed by atoms with Crippen molar-refractivity contribution in [1.29, 1.82) is 0 Å². The summed E-state index contributed by atoms with van der Waals surface area (Å²) in [4.78, 5) is 0. The third kappa shape index (κ3) is 89.7. The van der Waals surface area contributed by atoms with E-state index in [-0.39, 0.29) is 59.1 Å². The summed E-state index contributed by atoms with van der Waals surface area (Å²) in [5, 5.41) is 12.0. The Morgan fingerprint density at radius 2 is 1.12 bits per heavy atom. The minimum atomic E-state index is -3.79. The number of rotatable bonds is 0. The molecule has 0 amide bonds. The zero-order valence-electron chi connectivity index (χ0n) is 4.53. The second-order valence-electron chi connectivity index (χ2n) is 0.204. The standard InChI is InChI=1S/2Na.H2O3Se.H2O2/c;;1-4(2)3;1-2/h;;(H2,1,2,3);1-2H/q2*+1;;/p-2. The largest absolute Gasteiger partial charge is 1.00 e. The molecule has 0 aromatic carbocycles. The summed E-state index contributed by atoms with van der Waals surface area (Å²) < 4.78 is 25.6. The van der Waals surface area contributed by atoms with E-state index in [4.69, 9.17) is 22.7 Å². The average molecular weight is 207 g/mol. The Hall–Kier alpha value is 2.16. The van der Waals surface area contributed by atoms with Crippen molar-refractivity contribution < 1.29 is 81.8 Å². The summed E-state index contributed by atoms with van der Waals surface area (Å²) >= 11 is -3.79. The van der Waals surface area contributed by atoms with Gasteiger partial charge in [0.25, 0.3) is 0 Å². The summed E-state index contributed by atoms with van der Waals surface area (Å²) in [5.74, 6) is 0. The maximum absolute atomic E-state index is 8.54. The monoisotopic (exact) mass is 208 g/mol. The molecule has 0 heterocycles. The molecule has 0 fully saturated rings. The Balaban J connectivity index is -0.0000000183. The van der Waals surface area contributed by atoms with Gasteiger partial charge in [-0.1, -0.05) is 0 Å². The maximum atomic E-state index is 8.54. The molecule has 0 atom stereocenters. The van der Waals surface area contributed by atoms with Crippen LogP contribution in [0.5, 0.6) is 0 Å². The Kier molecular flexibility index (Phi) is 64.3. The second kappa shape index (κ2) is 22.9. The van der Waals surface area contributed by atoms with Gasteiger partial charge in [0.05, 0.1) is 0 Å². The van der Waals surface area contributed by atoms with Gasteiger partial charge in [-0.05, 0) is 0 Å². The van der Waals surface area contributed by atoms with Crippen molar-refractivity contribution in [3.8, 4) is 0 Å². The van der Waals surface area contributed by atoms with E-state index in [1.165, 1.54) is 0 Å². The Morgan fingerprint density at radius 1 is 1.12 bits per heavy atom. The molecule has 8 heteroatoms. The quantitative estimate of drug-likeness (QED) is 0.233. The minimum absolute atomic E-state index is 0. The number of hydrogen-bond donors (Lipinski definition) is 2. The molecule has 0 saturated carbocycles. The molecular formula is H2Na2O5Se. The average Bonchev–Trinajstić information content (AvgIpc) is 1.41. The summed E-state index contributed by atoms with van der Waals surface area (Å²) in [7, 11) is 0. The second-order valence-corrected chi connectivity index (χ2v) is 1.06. The molecule has 0 aromatic heterocycles. The van der Waals surface area contributed by atoms with E-state index in [1.54, 1.807) is 0 Å². The smallest absolute Gasteiger partial charge is 0.255 e. The van der Waals surface area contributed by atoms with Crippen LogP contribution < -0.4 is 67.5 Å².